The summed E-state index contributed by atoms with van der Waals surface area (Å²) in [5.41, 5.74) is 0.0466. The van der Waals surface area contributed by atoms with Gasteiger partial charge in [0.2, 0.25) is 0 Å². The number of pyridine rings is 1. The number of nitrogens with one attached hydrogen (secondary N) is 2. The Morgan fingerprint density at radius 3 is 2.36 bits per heavy atom. The van der Waals surface area contributed by atoms with Gasteiger partial charge in [-0.25, -0.2) is 0 Å². The highest BCUT2D eigenvalue weighted by Gasteiger charge is 2.31. The molecule has 200 valence electrons. The molecule has 0 bridgehead atoms. The summed E-state index contributed by atoms with van der Waals surface area (Å²) >= 11 is 0. The molecule has 0 fully saturated rings. The van der Waals surface area contributed by atoms with Gasteiger partial charge in [-0.05, 0) is 55.0 Å². The van der Waals surface area contributed by atoms with E-state index < -0.39 is 23.6 Å². The number of hydrogen-bond donors (Lipinski definition) is 2. The molecule has 2 N–H and O–H groups in total. The van der Waals surface area contributed by atoms with Crippen molar-refractivity contribution in [1.82, 2.24) is 20.1 Å². The van der Waals surface area contributed by atoms with E-state index in [0.717, 1.165) is 22.9 Å². The van der Waals surface area contributed by atoms with Crippen LogP contribution in [-0.4, -0.2) is 40.0 Å². The predicted octanol–water partition coefficient (Wildman–Crippen LogP) is 4.24. The van der Waals surface area contributed by atoms with Gasteiger partial charge in [0.05, 0.1) is 5.69 Å². The van der Waals surface area contributed by atoms with Crippen molar-refractivity contribution in [3.05, 3.63) is 100 Å². The fourth-order valence-electron chi connectivity index (χ4n) is 3.42. The Bertz CT molecular complexity index is 1590. The summed E-state index contributed by atoms with van der Waals surface area (Å²) in [5, 5.41) is 9.20. The summed E-state index contributed by atoms with van der Waals surface area (Å²) in [6.07, 6.45) is -3.48. The number of alkyl halides is 3. The summed E-state index contributed by atoms with van der Waals surface area (Å²) in [6, 6.07) is 15.2. The SMILES string of the molecule is CNC(=O)c1cc(Oc2ccc(NC(=O)c3nn(-c4cccc(OC(F)(F)F)c4)c(=O)cc3C)cc2)ccn1. The van der Waals surface area contributed by atoms with E-state index in [1.807, 2.05) is 0 Å². The van der Waals surface area contributed by atoms with E-state index in [0.29, 0.717) is 17.2 Å². The standard InChI is InChI=1S/C26H20F3N5O5/c1-15-12-22(35)34(17-4-3-5-20(13-17)39-26(27,28)29)33-23(15)25(37)32-16-6-8-18(9-7-16)38-19-10-11-31-21(14-19)24(36)30-2/h3-14H,1-2H3,(H,30,36)(H,32,37). The molecule has 0 unspecified atom stereocenters. The molecule has 0 atom stereocenters. The van der Waals surface area contributed by atoms with Gasteiger partial charge >= 0.3 is 6.36 Å². The first-order valence-corrected chi connectivity index (χ1v) is 11.3. The summed E-state index contributed by atoms with van der Waals surface area (Å²) in [6.45, 7) is 1.51. The number of amides is 2. The molecule has 13 heteroatoms. The molecular weight excluding hydrogens is 519 g/mol. The molecular formula is C26H20F3N5O5. The minimum Gasteiger partial charge on any atom is -0.457 e. The van der Waals surface area contributed by atoms with Crippen molar-refractivity contribution < 1.29 is 32.2 Å². The molecule has 39 heavy (non-hydrogen) atoms. The summed E-state index contributed by atoms with van der Waals surface area (Å²) < 4.78 is 48.2. The number of aromatic nitrogens is 3. The van der Waals surface area contributed by atoms with Gasteiger partial charge in [-0.1, -0.05) is 6.07 Å². The van der Waals surface area contributed by atoms with Gasteiger partial charge in [0, 0.05) is 37.1 Å². The number of carbonyl (C=O) groups excluding carboxylic acids is 2. The average Bonchev–Trinajstić information content (AvgIpc) is 2.88. The number of aryl methyl sites for hydroxylation is 1. The second-order valence-electron chi connectivity index (χ2n) is 8.01. The predicted molar refractivity (Wildman–Crippen MR) is 133 cm³/mol. The van der Waals surface area contributed by atoms with Gasteiger partial charge in [-0.2, -0.15) is 9.78 Å². The van der Waals surface area contributed by atoms with Crippen LogP contribution in [-0.2, 0) is 0 Å². The molecule has 0 spiro atoms. The average molecular weight is 539 g/mol. The van der Waals surface area contributed by atoms with Gasteiger partial charge in [0.25, 0.3) is 17.4 Å². The Kier molecular flexibility index (Phi) is 7.60. The molecule has 2 amide bonds. The third-order valence-electron chi connectivity index (χ3n) is 5.17. The Labute approximate surface area is 219 Å². The Morgan fingerprint density at radius 1 is 0.923 bits per heavy atom. The normalized spacial score (nSPS) is 11.0. The zero-order chi connectivity index (χ0) is 28.2. The number of anilines is 1. The van der Waals surface area contributed by atoms with E-state index in [9.17, 15) is 27.6 Å². The lowest BCUT2D eigenvalue weighted by Crippen LogP contribution is -2.26. The van der Waals surface area contributed by atoms with Crippen LogP contribution in [0.15, 0.2) is 77.7 Å². The molecule has 0 aliphatic rings. The molecule has 0 aliphatic carbocycles. The van der Waals surface area contributed by atoms with Crippen molar-refractivity contribution >= 4 is 17.5 Å². The number of nitrogens with zero attached hydrogens (tertiary/aromatic N) is 3. The summed E-state index contributed by atoms with van der Waals surface area (Å²) in [7, 11) is 1.49. The van der Waals surface area contributed by atoms with Crippen molar-refractivity contribution in [1.29, 1.82) is 0 Å². The maximum Gasteiger partial charge on any atom is 0.573 e. The molecule has 2 aromatic carbocycles. The van der Waals surface area contributed by atoms with E-state index in [4.69, 9.17) is 4.74 Å². The third kappa shape index (κ3) is 6.77. The fraction of sp³-hybridized carbons (Fsp3) is 0.115. The van der Waals surface area contributed by atoms with Gasteiger partial charge in [0.15, 0.2) is 5.69 Å². The van der Waals surface area contributed by atoms with Crippen molar-refractivity contribution in [3.8, 4) is 22.9 Å². The van der Waals surface area contributed by atoms with Crippen LogP contribution in [0.25, 0.3) is 5.69 Å². The quantitative estimate of drug-likeness (QED) is 0.360. The number of rotatable bonds is 7. The largest absolute Gasteiger partial charge is 0.573 e. The molecule has 4 rings (SSSR count). The zero-order valence-corrected chi connectivity index (χ0v) is 20.4. The van der Waals surface area contributed by atoms with Crippen LogP contribution >= 0.6 is 0 Å². The monoisotopic (exact) mass is 539 g/mol. The molecule has 4 aromatic rings. The van der Waals surface area contributed by atoms with Gasteiger partial charge < -0.3 is 20.1 Å². The lowest BCUT2D eigenvalue weighted by atomic mass is 10.2. The molecule has 0 saturated heterocycles. The molecule has 0 radical (unpaired) electrons. The maximum atomic E-state index is 13.0. The highest BCUT2D eigenvalue weighted by Crippen LogP contribution is 2.25. The number of benzene rings is 2. The van der Waals surface area contributed by atoms with Crippen molar-refractivity contribution in [2.45, 2.75) is 13.3 Å². The molecule has 2 aromatic heterocycles. The second kappa shape index (κ2) is 11.0. The maximum absolute atomic E-state index is 13.0. The van der Waals surface area contributed by atoms with Gasteiger partial charge in [-0.15, -0.1) is 13.2 Å². The topological polar surface area (TPSA) is 124 Å². The summed E-state index contributed by atoms with van der Waals surface area (Å²) in [5.74, 6) is -0.754. The van der Waals surface area contributed by atoms with E-state index in [1.54, 1.807) is 30.3 Å². The number of hydrogen-bond acceptors (Lipinski definition) is 7. The van der Waals surface area contributed by atoms with E-state index >= 15 is 0 Å². The highest BCUT2D eigenvalue weighted by atomic mass is 19.4. The van der Waals surface area contributed by atoms with Crippen molar-refractivity contribution in [3.63, 3.8) is 0 Å². The van der Waals surface area contributed by atoms with Crippen LogP contribution in [0.1, 0.15) is 26.5 Å². The van der Waals surface area contributed by atoms with Crippen LogP contribution in [0.5, 0.6) is 17.2 Å². The lowest BCUT2D eigenvalue weighted by Gasteiger charge is -2.13. The first-order valence-electron chi connectivity index (χ1n) is 11.3. The Morgan fingerprint density at radius 2 is 1.67 bits per heavy atom. The third-order valence-corrected chi connectivity index (χ3v) is 5.17. The lowest BCUT2D eigenvalue weighted by molar-refractivity contribution is -0.274. The van der Waals surface area contributed by atoms with Gasteiger partial charge in [-0.3, -0.25) is 19.4 Å². The van der Waals surface area contributed by atoms with Crippen LogP contribution in [0.3, 0.4) is 0 Å². The van der Waals surface area contributed by atoms with E-state index in [1.165, 1.54) is 38.4 Å². The van der Waals surface area contributed by atoms with Crippen LogP contribution in [0.2, 0.25) is 0 Å². The second-order valence-corrected chi connectivity index (χ2v) is 8.01. The molecule has 2 heterocycles. The zero-order valence-electron chi connectivity index (χ0n) is 20.4. The van der Waals surface area contributed by atoms with E-state index in [-0.39, 0.29) is 28.5 Å². The first-order chi connectivity index (χ1) is 18.5. The Hall–Kier alpha value is -5.20. The minimum absolute atomic E-state index is 0.0204. The van der Waals surface area contributed by atoms with Crippen molar-refractivity contribution in [2.75, 3.05) is 12.4 Å². The van der Waals surface area contributed by atoms with Crippen LogP contribution < -0.4 is 25.7 Å². The number of ether oxygens (including phenoxy) is 2. The van der Waals surface area contributed by atoms with Crippen LogP contribution in [0, 0.1) is 6.92 Å². The Balaban J connectivity index is 1.51. The number of carbonyl (C=O) groups is 2. The first kappa shape index (κ1) is 26.9. The van der Waals surface area contributed by atoms with Crippen LogP contribution in [0.4, 0.5) is 18.9 Å². The fourth-order valence-corrected chi connectivity index (χ4v) is 3.42. The highest BCUT2D eigenvalue weighted by molar-refractivity contribution is 6.03. The van der Waals surface area contributed by atoms with Crippen molar-refractivity contribution in [2.24, 2.45) is 0 Å². The minimum atomic E-state index is -4.91. The summed E-state index contributed by atoms with van der Waals surface area (Å²) in [4.78, 5) is 41.2. The number of halogens is 3. The smallest absolute Gasteiger partial charge is 0.457 e. The molecule has 0 aliphatic heterocycles. The van der Waals surface area contributed by atoms with Gasteiger partial charge in [0.1, 0.15) is 22.9 Å². The molecule has 10 nitrogen and oxygen atoms in total. The molecule has 0 saturated carbocycles. The van der Waals surface area contributed by atoms with E-state index in [2.05, 4.69) is 25.5 Å².